The molecule has 2 atom stereocenters. The molecule has 0 spiro atoms. The summed E-state index contributed by atoms with van der Waals surface area (Å²) in [5.41, 5.74) is 1.77. The second kappa shape index (κ2) is 7.43. The van der Waals surface area contributed by atoms with Gasteiger partial charge in [-0.1, -0.05) is 58.4 Å². The fraction of sp³-hybridized carbons (Fsp3) is 0.250. The largest absolute Gasteiger partial charge is 0.489 e. The Hall–Kier alpha value is -1.36. The Bertz CT molecular complexity index is 513. The molecule has 0 amide bonds. The van der Waals surface area contributed by atoms with Crippen molar-refractivity contribution in [1.82, 2.24) is 0 Å². The Morgan fingerprint density at radius 2 is 1.60 bits per heavy atom. The second-order valence-corrected chi connectivity index (χ2v) is 5.16. The van der Waals surface area contributed by atoms with E-state index in [4.69, 9.17) is 4.74 Å². The van der Waals surface area contributed by atoms with Gasteiger partial charge in [0.05, 0.1) is 6.10 Å². The van der Waals surface area contributed by atoms with E-state index in [0.717, 1.165) is 11.3 Å². The molecule has 0 saturated heterocycles. The first-order valence-electron chi connectivity index (χ1n) is 6.39. The van der Waals surface area contributed by atoms with E-state index in [2.05, 4.69) is 15.9 Å². The van der Waals surface area contributed by atoms with Crippen molar-refractivity contribution in [3.63, 3.8) is 0 Å². The van der Waals surface area contributed by atoms with Crippen LogP contribution in [0.3, 0.4) is 0 Å². The van der Waals surface area contributed by atoms with Gasteiger partial charge in [-0.15, -0.1) is 0 Å². The number of benzene rings is 2. The van der Waals surface area contributed by atoms with Gasteiger partial charge in [-0.05, 0) is 23.3 Å². The SMILES string of the molecule is OC(CBr)C(O)c1ccc(OCc2ccccc2)cc1. The quantitative estimate of drug-likeness (QED) is 0.797. The molecule has 106 valence electrons. The van der Waals surface area contributed by atoms with Crippen molar-refractivity contribution in [2.45, 2.75) is 18.8 Å². The summed E-state index contributed by atoms with van der Waals surface area (Å²) in [4.78, 5) is 0. The molecule has 4 heteroatoms. The topological polar surface area (TPSA) is 49.7 Å². The predicted octanol–water partition coefficient (Wildman–Crippen LogP) is 3.05. The van der Waals surface area contributed by atoms with Crippen molar-refractivity contribution in [2.75, 3.05) is 5.33 Å². The molecule has 0 radical (unpaired) electrons. The van der Waals surface area contributed by atoms with Gasteiger partial charge in [-0.25, -0.2) is 0 Å². The predicted molar refractivity (Wildman–Crippen MR) is 82.0 cm³/mol. The highest BCUT2D eigenvalue weighted by atomic mass is 79.9. The summed E-state index contributed by atoms with van der Waals surface area (Å²) in [6, 6.07) is 17.0. The van der Waals surface area contributed by atoms with Crippen LogP contribution in [0.5, 0.6) is 5.75 Å². The summed E-state index contributed by atoms with van der Waals surface area (Å²) in [6.07, 6.45) is -1.70. The molecule has 3 nitrogen and oxygen atoms in total. The van der Waals surface area contributed by atoms with Crippen LogP contribution in [-0.2, 0) is 6.61 Å². The molecular weight excluding hydrogens is 320 g/mol. The number of alkyl halides is 1. The fourth-order valence-electron chi connectivity index (χ4n) is 1.81. The molecule has 2 unspecified atom stereocenters. The van der Waals surface area contributed by atoms with Crippen molar-refractivity contribution in [1.29, 1.82) is 0 Å². The van der Waals surface area contributed by atoms with Crippen molar-refractivity contribution >= 4 is 15.9 Å². The molecule has 0 aliphatic heterocycles. The smallest absolute Gasteiger partial charge is 0.119 e. The molecule has 0 aliphatic carbocycles. The van der Waals surface area contributed by atoms with Crippen LogP contribution in [0.1, 0.15) is 17.2 Å². The summed E-state index contributed by atoms with van der Waals surface area (Å²) in [7, 11) is 0. The second-order valence-electron chi connectivity index (χ2n) is 4.51. The summed E-state index contributed by atoms with van der Waals surface area (Å²) >= 11 is 3.14. The Kier molecular flexibility index (Phi) is 5.59. The number of hydrogen-bond acceptors (Lipinski definition) is 3. The van der Waals surface area contributed by atoms with Crippen molar-refractivity contribution < 1.29 is 14.9 Å². The Morgan fingerprint density at radius 3 is 2.20 bits per heavy atom. The summed E-state index contributed by atoms with van der Waals surface area (Å²) in [6.45, 7) is 0.507. The van der Waals surface area contributed by atoms with Crippen LogP contribution >= 0.6 is 15.9 Å². The third kappa shape index (κ3) is 4.07. The molecule has 2 aromatic carbocycles. The highest BCUT2D eigenvalue weighted by molar-refractivity contribution is 9.09. The summed E-state index contributed by atoms with van der Waals surface area (Å²) < 4.78 is 5.66. The minimum Gasteiger partial charge on any atom is -0.489 e. The molecule has 0 aliphatic rings. The van der Waals surface area contributed by atoms with Crippen molar-refractivity contribution in [3.05, 3.63) is 65.7 Å². The average Bonchev–Trinajstić information content (AvgIpc) is 2.53. The molecule has 0 bridgehead atoms. The molecule has 20 heavy (non-hydrogen) atoms. The van der Waals surface area contributed by atoms with Gasteiger partial charge in [0.25, 0.3) is 0 Å². The normalized spacial score (nSPS) is 13.8. The lowest BCUT2D eigenvalue weighted by molar-refractivity contribution is 0.0342. The van der Waals surface area contributed by atoms with E-state index in [0.29, 0.717) is 17.5 Å². The zero-order chi connectivity index (χ0) is 14.4. The highest BCUT2D eigenvalue weighted by Gasteiger charge is 2.16. The van der Waals surface area contributed by atoms with Crippen LogP contribution < -0.4 is 4.74 Å². The molecule has 0 heterocycles. The molecule has 0 fully saturated rings. The number of rotatable bonds is 6. The molecular formula is C16H17BrO3. The van der Waals surface area contributed by atoms with Crippen molar-refractivity contribution in [2.24, 2.45) is 0 Å². The Balaban J connectivity index is 1.95. The number of aliphatic hydroxyl groups excluding tert-OH is 2. The first kappa shape index (κ1) is 15.0. The highest BCUT2D eigenvalue weighted by Crippen LogP contribution is 2.21. The van der Waals surface area contributed by atoms with Gasteiger partial charge < -0.3 is 14.9 Å². The van der Waals surface area contributed by atoms with Crippen LogP contribution in [0.25, 0.3) is 0 Å². The fourth-order valence-corrected chi connectivity index (χ4v) is 2.16. The third-order valence-electron chi connectivity index (χ3n) is 2.99. The van der Waals surface area contributed by atoms with Crippen molar-refractivity contribution in [3.8, 4) is 5.75 Å². The summed E-state index contributed by atoms with van der Waals surface area (Å²) in [5, 5.41) is 19.8. The molecule has 0 saturated carbocycles. The van der Waals surface area contributed by atoms with Crippen LogP contribution in [-0.4, -0.2) is 21.6 Å². The first-order chi connectivity index (χ1) is 9.70. The van der Waals surface area contributed by atoms with Gasteiger partial charge in [0.1, 0.15) is 18.5 Å². The van der Waals surface area contributed by atoms with E-state index in [1.165, 1.54) is 0 Å². The minimum absolute atomic E-state index is 0.334. The van der Waals surface area contributed by atoms with E-state index < -0.39 is 12.2 Å². The third-order valence-corrected chi connectivity index (χ3v) is 3.66. The molecule has 2 aromatic rings. The number of aliphatic hydroxyl groups is 2. The minimum atomic E-state index is -0.891. The monoisotopic (exact) mass is 336 g/mol. The van der Waals surface area contributed by atoms with E-state index >= 15 is 0 Å². The maximum absolute atomic E-state index is 9.87. The van der Waals surface area contributed by atoms with E-state index in [-0.39, 0.29) is 0 Å². The van der Waals surface area contributed by atoms with E-state index in [1.54, 1.807) is 24.3 Å². The Labute approximate surface area is 127 Å². The maximum Gasteiger partial charge on any atom is 0.119 e. The van der Waals surface area contributed by atoms with Crippen LogP contribution in [0.15, 0.2) is 54.6 Å². The van der Waals surface area contributed by atoms with Gasteiger partial charge in [0.2, 0.25) is 0 Å². The Morgan fingerprint density at radius 1 is 0.950 bits per heavy atom. The van der Waals surface area contributed by atoms with E-state index in [9.17, 15) is 10.2 Å². The lowest BCUT2D eigenvalue weighted by Crippen LogP contribution is -2.19. The van der Waals surface area contributed by atoms with Crippen LogP contribution in [0.2, 0.25) is 0 Å². The van der Waals surface area contributed by atoms with Gasteiger partial charge in [0, 0.05) is 5.33 Å². The van der Waals surface area contributed by atoms with Gasteiger partial charge in [0.15, 0.2) is 0 Å². The first-order valence-corrected chi connectivity index (χ1v) is 7.51. The standard InChI is InChI=1S/C16H17BrO3/c17-10-15(18)16(19)13-6-8-14(9-7-13)20-11-12-4-2-1-3-5-12/h1-9,15-16,18-19H,10-11H2. The van der Waals surface area contributed by atoms with Crippen LogP contribution in [0, 0.1) is 0 Å². The maximum atomic E-state index is 9.87. The average molecular weight is 337 g/mol. The molecule has 0 aromatic heterocycles. The number of ether oxygens (including phenoxy) is 1. The number of hydrogen-bond donors (Lipinski definition) is 2. The van der Waals surface area contributed by atoms with Gasteiger partial charge >= 0.3 is 0 Å². The van der Waals surface area contributed by atoms with Gasteiger partial charge in [-0.2, -0.15) is 0 Å². The molecule has 2 N–H and O–H groups in total. The van der Waals surface area contributed by atoms with Crippen LogP contribution in [0.4, 0.5) is 0 Å². The van der Waals surface area contributed by atoms with Gasteiger partial charge in [-0.3, -0.25) is 0 Å². The zero-order valence-electron chi connectivity index (χ0n) is 10.9. The summed E-state index contributed by atoms with van der Waals surface area (Å²) in [5.74, 6) is 0.734. The number of halogens is 1. The molecule has 2 rings (SSSR count). The lowest BCUT2D eigenvalue weighted by Gasteiger charge is -2.16. The van der Waals surface area contributed by atoms with E-state index in [1.807, 2.05) is 30.3 Å². The zero-order valence-corrected chi connectivity index (χ0v) is 12.5. The lowest BCUT2D eigenvalue weighted by atomic mass is 10.1.